The fourth-order valence-electron chi connectivity index (χ4n) is 2.33. The van der Waals surface area contributed by atoms with Gasteiger partial charge in [0, 0.05) is 18.9 Å². The molecule has 0 aliphatic carbocycles. The van der Waals surface area contributed by atoms with Crippen molar-refractivity contribution in [3.8, 4) is 0 Å². The van der Waals surface area contributed by atoms with Gasteiger partial charge >= 0.3 is 6.55 Å². The maximum atomic E-state index is 12.7. The van der Waals surface area contributed by atoms with Crippen LogP contribution >= 0.6 is 0 Å². The summed E-state index contributed by atoms with van der Waals surface area (Å²) in [6, 6.07) is 1.87. The lowest BCUT2D eigenvalue weighted by molar-refractivity contribution is 0.0541. The van der Waals surface area contributed by atoms with E-state index in [9.17, 15) is 17.2 Å². The maximum Gasteiger partial charge on any atom is 0.333 e. The first-order chi connectivity index (χ1) is 10.9. The van der Waals surface area contributed by atoms with Crippen molar-refractivity contribution < 1.29 is 17.2 Å². The molecule has 1 atom stereocenters. The van der Waals surface area contributed by atoms with Gasteiger partial charge in [0.2, 0.25) is 10.0 Å². The van der Waals surface area contributed by atoms with Gasteiger partial charge in [-0.05, 0) is 25.8 Å². The van der Waals surface area contributed by atoms with Gasteiger partial charge in [0.25, 0.3) is 0 Å². The molecule has 0 amide bonds. The van der Waals surface area contributed by atoms with Crippen molar-refractivity contribution >= 4 is 10.0 Å². The number of halogens is 2. The SMILES string of the molecule is CC[C@H](CCNS(=O)(=O)c1cnn(C(F)F)c1C)n1cccn1. The molecule has 0 aliphatic heterocycles. The van der Waals surface area contributed by atoms with Crippen molar-refractivity contribution in [1.82, 2.24) is 24.3 Å². The van der Waals surface area contributed by atoms with E-state index in [1.165, 1.54) is 6.92 Å². The van der Waals surface area contributed by atoms with Crippen molar-refractivity contribution in [2.75, 3.05) is 6.54 Å². The van der Waals surface area contributed by atoms with E-state index >= 15 is 0 Å². The van der Waals surface area contributed by atoms with Gasteiger partial charge in [-0.25, -0.2) is 17.8 Å². The van der Waals surface area contributed by atoms with Crippen molar-refractivity contribution in [3.05, 3.63) is 30.4 Å². The molecule has 1 N–H and O–H groups in total. The van der Waals surface area contributed by atoms with Crippen LogP contribution in [0.3, 0.4) is 0 Å². The molecule has 23 heavy (non-hydrogen) atoms. The van der Waals surface area contributed by atoms with Crippen molar-refractivity contribution in [3.63, 3.8) is 0 Å². The zero-order valence-corrected chi connectivity index (χ0v) is 13.7. The highest BCUT2D eigenvalue weighted by Crippen LogP contribution is 2.20. The van der Waals surface area contributed by atoms with Gasteiger partial charge in [-0.3, -0.25) is 4.68 Å². The van der Waals surface area contributed by atoms with E-state index in [1.807, 2.05) is 13.1 Å². The fraction of sp³-hybridized carbons (Fsp3) is 0.538. The van der Waals surface area contributed by atoms with Gasteiger partial charge in [0.15, 0.2) is 0 Å². The van der Waals surface area contributed by atoms with E-state index in [-0.39, 0.29) is 23.2 Å². The molecule has 0 fully saturated rings. The summed E-state index contributed by atoms with van der Waals surface area (Å²) >= 11 is 0. The number of sulfonamides is 1. The second kappa shape index (κ2) is 7.18. The number of alkyl halides is 2. The Morgan fingerprint density at radius 1 is 1.35 bits per heavy atom. The topological polar surface area (TPSA) is 81.8 Å². The van der Waals surface area contributed by atoms with E-state index in [4.69, 9.17) is 0 Å². The van der Waals surface area contributed by atoms with Gasteiger partial charge in [-0.1, -0.05) is 6.92 Å². The summed E-state index contributed by atoms with van der Waals surface area (Å²) in [5.41, 5.74) is -0.0911. The highest BCUT2D eigenvalue weighted by molar-refractivity contribution is 7.89. The van der Waals surface area contributed by atoms with Gasteiger partial charge in [-0.15, -0.1) is 0 Å². The molecule has 128 valence electrons. The van der Waals surface area contributed by atoms with Crippen LogP contribution in [-0.4, -0.2) is 34.5 Å². The first-order valence-corrected chi connectivity index (χ1v) is 8.66. The van der Waals surface area contributed by atoms with Crippen LogP contribution in [0, 0.1) is 6.92 Å². The minimum Gasteiger partial charge on any atom is -0.270 e. The summed E-state index contributed by atoms with van der Waals surface area (Å²) in [5.74, 6) is 0. The molecule has 2 aromatic heterocycles. The van der Waals surface area contributed by atoms with E-state index in [0.29, 0.717) is 11.1 Å². The highest BCUT2D eigenvalue weighted by Gasteiger charge is 2.23. The van der Waals surface area contributed by atoms with Gasteiger partial charge < -0.3 is 0 Å². The van der Waals surface area contributed by atoms with Crippen molar-refractivity contribution in [1.29, 1.82) is 0 Å². The Bertz CT molecular complexity index is 728. The molecule has 0 unspecified atom stereocenters. The molecule has 0 bridgehead atoms. The summed E-state index contributed by atoms with van der Waals surface area (Å²) < 4.78 is 54.3. The Balaban J connectivity index is 2.02. The Morgan fingerprint density at radius 2 is 2.09 bits per heavy atom. The predicted octanol–water partition coefficient (Wildman–Crippen LogP) is 2.10. The van der Waals surface area contributed by atoms with E-state index in [0.717, 1.165) is 12.6 Å². The molecule has 10 heteroatoms. The number of aromatic nitrogens is 4. The van der Waals surface area contributed by atoms with Crippen LogP contribution in [0.1, 0.15) is 38.1 Å². The van der Waals surface area contributed by atoms with Crippen LogP contribution < -0.4 is 4.72 Å². The Kier molecular flexibility index (Phi) is 5.47. The zero-order chi connectivity index (χ0) is 17.0. The molecular weight excluding hydrogens is 328 g/mol. The quantitative estimate of drug-likeness (QED) is 0.793. The standard InChI is InChI=1S/C13H19F2N5O2S/c1-3-11(19-8-4-6-16-19)5-7-18-23(21,22)12-9-17-20(10(12)2)13(14)15/h4,6,8-9,11,13,18H,3,5,7H2,1-2H3/t11-/m1/s1. The van der Waals surface area contributed by atoms with Crippen LogP contribution in [-0.2, 0) is 10.0 Å². The Labute approximate surface area is 133 Å². The molecule has 0 aromatic carbocycles. The third-order valence-electron chi connectivity index (χ3n) is 3.61. The molecule has 2 rings (SSSR count). The lowest BCUT2D eigenvalue weighted by Crippen LogP contribution is -2.27. The van der Waals surface area contributed by atoms with Crippen molar-refractivity contribution in [2.45, 2.75) is 44.2 Å². The monoisotopic (exact) mass is 347 g/mol. The Hall–Kier alpha value is -1.81. The largest absolute Gasteiger partial charge is 0.333 e. The summed E-state index contributed by atoms with van der Waals surface area (Å²) in [4.78, 5) is -0.232. The average molecular weight is 347 g/mol. The number of hydrogen-bond donors (Lipinski definition) is 1. The van der Waals surface area contributed by atoms with Crippen LogP contribution in [0.15, 0.2) is 29.6 Å². The van der Waals surface area contributed by atoms with E-state index in [1.54, 1.807) is 16.9 Å². The van der Waals surface area contributed by atoms with Crippen LogP contribution in [0.4, 0.5) is 8.78 Å². The molecule has 0 saturated heterocycles. The normalized spacial score (nSPS) is 13.6. The molecule has 2 aromatic rings. The fourth-order valence-corrected chi connectivity index (χ4v) is 3.54. The molecule has 7 nitrogen and oxygen atoms in total. The number of nitrogens with zero attached hydrogens (tertiary/aromatic N) is 4. The van der Waals surface area contributed by atoms with Crippen LogP contribution in [0.25, 0.3) is 0 Å². The van der Waals surface area contributed by atoms with Gasteiger partial charge in [-0.2, -0.15) is 19.0 Å². The van der Waals surface area contributed by atoms with Crippen LogP contribution in [0.5, 0.6) is 0 Å². The molecule has 0 aliphatic rings. The lowest BCUT2D eigenvalue weighted by Gasteiger charge is -2.15. The second-order valence-electron chi connectivity index (χ2n) is 5.05. The minimum absolute atomic E-state index is 0.0672. The third-order valence-corrected chi connectivity index (χ3v) is 5.18. The molecule has 2 heterocycles. The van der Waals surface area contributed by atoms with Gasteiger partial charge in [0.05, 0.1) is 17.9 Å². The van der Waals surface area contributed by atoms with Gasteiger partial charge in [0.1, 0.15) is 4.90 Å². The van der Waals surface area contributed by atoms with Crippen LogP contribution in [0.2, 0.25) is 0 Å². The number of nitrogens with one attached hydrogen (secondary N) is 1. The average Bonchev–Trinajstić information content (AvgIpc) is 3.13. The molecule has 0 spiro atoms. The van der Waals surface area contributed by atoms with Crippen molar-refractivity contribution in [2.24, 2.45) is 0 Å². The molecular formula is C13H19F2N5O2S. The first kappa shape index (κ1) is 17.5. The highest BCUT2D eigenvalue weighted by atomic mass is 32.2. The summed E-state index contributed by atoms with van der Waals surface area (Å²) in [7, 11) is -3.87. The minimum atomic E-state index is -3.87. The lowest BCUT2D eigenvalue weighted by atomic mass is 10.1. The smallest absolute Gasteiger partial charge is 0.270 e. The predicted molar refractivity (Wildman–Crippen MR) is 79.6 cm³/mol. The number of rotatable bonds is 8. The summed E-state index contributed by atoms with van der Waals surface area (Å²) in [6.07, 6.45) is 5.76. The zero-order valence-electron chi connectivity index (χ0n) is 12.9. The van der Waals surface area contributed by atoms with E-state index < -0.39 is 16.6 Å². The first-order valence-electron chi connectivity index (χ1n) is 7.18. The summed E-state index contributed by atoms with van der Waals surface area (Å²) in [5, 5.41) is 7.56. The molecule has 0 radical (unpaired) electrons. The Morgan fingerprint density at radius 3 is 2.61 bits per heavy atom. The third kappa shape index (κ3) is 3.94. The number of hydrogen-bond acceptors (Lipinski definition) is 4. The van der Waals surface area contributed by atoms with E-state index in [2.05, 4.69) is 14.9 Å². The molecule has 0 saturated carbocycles. The summed E-state index contributed by atoms with van der Waals surface area (Å²) in [6.45, 7) is 0.590. The second-order valence-corrected chi connectivity index (χ2v) is 6.79. The maximum absolute atomic E-state index is 12.7.